The van der Waals surface area contributed by atoms with Gasteiger partial charge in [0.15, 0.2) is 0 Å². The summed E-state index contributed by atoms with van der Waals surface area (Å²) in [5.41, 5.74) is 2.51. The molecule has 2 heteroatoms. The van der Waals surface area contributed by atoms with Gasteiger partial charge in [-0.15, -0.1) is 11.3 Å². The molecule has 0 bridgehead atoms. The summed E-state index contributed by atoms with van der Waals surface area (Å²) in [7, 11) is 0. The minimum atomic E-state index is 0.656. The van der Waals surface area contributed by atoms with Gasteiger partial charge in [0.25, 0.3) is 0 Å². The molecule has 0 saturated carbocycles. The molecule has 0 saturated heterocycles. The van der Waals surface area contributed by atoms with Crippen molar-refractivity contribution in [3.05, 3.63) is 34.3 Å². The summed E-state index contributed by atoms with van der Waals surface area (Å²) in [4.78, 5) is 4.59. The smallest absolute Gasteiger partial charge is 0.123 e. The molecule has 1 unspecified atom stereocenters. The van der Waals surface area contributed by atoms with Crippen LogP contribution in [0.2, 0.25) is 0 Å². The quantitative estimate of drug-likeness (QED) is 0.717. The van der Waals surface area contributed by atoms with Crippen LogP contribution in [0.3, 0.4) is 0 Å². The summed E-state index contributed by atoms with van der Waals surface area (Å²) in [5, 5.41) is 3.33. The lowest BCUT2D eigenvalue weighted by molar-refractivity contribution is 0.739. The Kier molecular flexibility index (Phi) is 2.82. The number of aromatic nitrogens is 1. The molecular weight excluding hydrogens is 190 g/mol. The van der Waals surface area contributed by atoms with Crippen molar-refractivity contribution >= 4 is 16.9 Å². The van der Waals surface area contributed by atoms with Crippen molar-refractivity contribution in [2.24, 2.45) is 5.92 Å². The minimum Gasteiger partial charge on any atom is -0.241 e. The summed E-state index contributed by atoms with van der Waals surface area (Å²) in [6.45, 7) is 4.39. The number of thiazole rings is 1. The van der Waals surface area contributed by atoms with E-state index in [2.05, 4.69) is 42.4 Å². The van der Waals surface area contributed by atoms with Crippen molar-refractivity contribution in [3.63, 3.8) is 0 Å². The van der Waals surface area contributed by atoms with Gasteiger partial charge in [-0.1, -0.05) is 32.1 Å². The molecule has 0 amide bonds. The van der Waals surface area contributed by atoms with E-state index < -0.39 is 0 Å². The number of allylic oxidation sites excluding steroid dienone is 4. The second-order valence-corrected chi connectivity index (χ2v) is 4.59. The highest BCUT2D eigenvalue weighted by atomic mass is 32.1. The van der Waals surface area contributed by atoms with Crippen LogP contribution in [0.1, 0.15) is 31.0 Å². The van der Waals surface area contributed by atoms with Gasteiger partial charge in [-0.2, -0.15) is 0 Å². The van der Waals surface area contributed by atoms with Crippen LogP contribution in [0.4, 0.5) is 0 Å². The third-order valence-electron chi connectivity index (χ3n) is 2.43. The van der Waals surface area contributed by atoms with E-state index in [4.69, 9.17) is 0 Å². The van der Waals surface area contributed by atoms with Crippen LogP contribution < -0.4 is 0 Å². The molecule has 0 radical (unpaired) electrons. The lowest BCUT2D eigenvalue weighted by atomic mass is 9.98. The van der Waals surface area contributed by atoms with Crippen LogP contribution in [0, 0.1) is 5.92 Å². The van der Waals surface area contributed by atoms with Gasteiger partial charge in [0.2, 0.25) is 0 Å². The zero-order valence-corrected chi connectivity index (χ0v) is 9.47. The largest absolute Gasteiger partial charge is 0.241 e. The fourth-order valence-electron chi connectivity index (χ4n) is 1.58. The van der Waals surface area contributed by atoms with Gasteiger partial charge in [0, 0.05) is 11.0 Å². The van der Waals surface area contributed by atoms with Crippen LogP contribution in [0.15, 0.2) is 23.6 Å². The molecule has 0 aromatic carbocycles. The average molecular weight is 205 g/mol. The second kappa shape index (κ2) is 4.09. The number of rotatable bonds is 2. The number of nitrogens with zero attached hydrogens (tertiary/aromatic N) is 1. The standard InChI is InChI=1S/C12H15NS/c1-3-11-8-14-12(13-11)10-6-4-5-9(2)7-10/h4,6-9H,3,5H2,1-2H3. The molecule has 2 rings (SSSR count). The Bertz CT molecular complexity index is 373. The maximum Gasteiger partial charge on any atom is 0.123 e. The third-order valence-corrected chi connectivity index (χ3v) is 3.37. The van der Waals surface area contributed by atoms with Crippen molar-refractivity contribution in [1.82, 2.24) is 4.98 Å². The fraction of sp³-hybridized carbons (Fsp3) is 0.417. The van der Waals surface area contributed by atoms with Crippen molar-refractivity contribution in [2.75, 3.05) is 0 Å². The van der Waals surface area contributed by atoms with Gasteiger partial charge in [-0.05, 0) is 18.8 Å². The molecule has 1 aromatic rings. The SMILES string of the molecule is CCc1csc(C2=CC(C)CC=C2)n1. The molecule has 1 heterocycles. The highest BCUT2D eigenvalue weighted by Gasteiger charge is 2.09. The molecular formula is C12H15NS. The van der Waals surface area contributed by atoms with Crippen molar-refractivity contribution < 1.29 is 0 Å². The molecule has 0 N–H and O–H groups in total. The Balaban J connectivity index is 2.26. The summed E-state index contributed by atoms with van der Waals surface area (Å²) in [5.74, 6) is 0.656. The highest BCUT2D eigenvalue weighted by Crippen LogP contribution is 2.26. The molecule has 74 valence electrons. The molecule has 1 aliphatic rings. The maximum absolute atomic E-state index is 4.59. The zero-order valence-electron chi connectivity index (χ0n) is 8.66. The first-order valence-corrected chi connectivity index (χ1v) is 6.00. The Morgan fingerprint density at radius 1 is 1.57 bits per heavy atom. The van der Waals surface area contributed by atoms with Crippen molar-refractivity contribution in [3.8, 4) is 0 Å². The van der Waals surface area contributed by atoms with E-state index in [0.717, 1.165) is 12.8 Å². The van der Waals surface area contributed by atoms with Gasteiger partial charge in [-0.25, -0.2) is 4.98 Å². The first-order valence-electron chi connectivity index (χ1n) is 5.12. The summed E-state index contributed by atoms with van der Waals surface area (Å²) < 4.78 is 0. The molecule has 1 nitrogen and oxygen atoms in total. The predicted octanol–water partition coefficient (Wildman–Crippen LogP) is 3.68. The highest BCUT2D eigenvalue weighted by molar-refractivity contribution is 7.10. The number of hydrogen-bond donors (Lipinski definition) is 0. The normalized spacial score (nSPS) is 21.0. The first-order chi connectivity index (χ1) is 6.79. The fourth-order valence-corrected chi connectivity index (χ4v) is 2.49. The van der Waals surface area contributed by atoms with Gasteiger partial charge in [0.1, 0.15) is 5.01 Å². The predicted molar refractivity (Wildman–Crippen MR) is 62.4 cm³/mol. The van der Waals surface area contributed by atoms with Crippen LogP contribution >= 0.6 is 11.3 Å². The first kappa shape index (κ1) is 9.66. The van der Waals surface area contributed by atoms with E-state index in [1.54, 1.807) is 11.3 Å². The van der Waals surface area contributed by atoms with Crippen LogP contribution in [-0.4, -0.2) is 4.98 Å². The van der Waals surface area contributed by atoms with Crippen LogP contribution in [-0.2, 0) is 6.42 Å². The topological polar surface area (TPSA) is 12.9 Å². The molecule has 1 aromatic heterocycles. The lowest BCUT2D eigenvalue weighted by Gasteiger charge is -2.09. The number of hydrogen-bond acceptors (Lipinski definition) is 2. The molecule has 14 heavy (non-hydrogen) atoms. The summed E-state index contributed by atoms with van der Waals surface area (Å²) in [6, 6.07) is 0. The van der Waals surface area contributed by atoms with Crippen molar-refractivity contribution in [1.29, 1.82) is 0 Å². The van der Waals surface area contributed by atoms with Crippen molar-refractivity contribution in [2.45, 2.75) is 26.7 Å². The molecule has 1 atom stereocenters. The van der Waals surface area contributed by atoms with Crippen LogP contribution in [0.5, 0.6) is 0 Å². The van der Waals surface area contributed by atoms with E-state index >= 15 is 0 Å². The van der Waals surface area contributed by atoms with Gasteiger partial charge in [0.05, 0.1) is 5.69 Å². The molecule has 0 spiro atoms. The Hall–Kier alpha value is -0.890. The third kappa shape index (κ3) is 1.95. The van der Waals surface area contributed by atoms with Gasteiger partial charge < -0.3 is 0 Å². The van der Waals surface area contributed by atoms with E-state index in [0.29, 0.717) is 5.92 Å². The lowest BCUT2D eigenvalue weighted by Crippen LogP contribution is -1.94. The summed E-state index contributed by atoms with van der Waals surface area (Å²) >= 11 is 1.75. The Labute approximate surface area is 89.2 Å². The Morgan fingerprint density at radius 3 is 3.07 bits per heavy atom. The minimum absolute atomic E-state index is 0.656. The van der Waals surface area contributed by atoms with E-state index in [9.17, 15) is 0 Å². The van der Waals surface area contributed by atoms with Crippen LogP contribution in [0.25, 0.3) is 5.57 Å². The van der Waals surface area contributed by atoms with E-state index in [1.165, 1.54) is 16.3 Å². The zero-order chi connectivity index (χ0) is 9.97. The average Bonchev–Trinajstić information content (AvgIpc) is 2.66. The van der Waals surface area contributed by atoms with Gasteiger partial charge in [-0.3, -0.25) is 0 Å². The monoisotopic (exact) mass is 205 g/mol. The maximum atomic E-state index is 4.59. The molecule has 0 fully saturated rings. The molecule has 0 aliphatic heterocycles. The van der Waals surface area contributed by atoms with E-state index in [-0.39, 0.29) is 0 Å². The Morgan fingerprint density at radius 2 is 2.43 bits per heavy atom. The van der Waals surface area contributed by atoms with Gasteiger partial charge >= 0.3 is 0 Å². The second-order valence-electron chi connectivity index (χ2n) is 3.73. The molecule has 1 aliphatic carbocycles. The number of aryl methyl sites for hydroxylation is 1. The summed E-state index contributed by atoms with van der Waals surface area (Å²) in [6.07, 6.45) is 8.95. The van der Waals surface area contributed by atoms with E-state index in [1.807, 2.05) is 0 Å².